The average molecular weight is 648 g/mol. The highest BCUT2D eigenvalue weighted by Gasteiger charge is 2.52. The van der Waals surface area contributed by atoms with Crippen LogP contribution in [0.2, 0.25) is 0 Å². The maximum Gasteiger partial charge on any atom is 0.320 e. The summed E-state index contributed by atoms with van der Waals surface area (Å²) in [6.45, 7) is -1.40. The van der Waals surface area contributed by atoms with Crippen LogP contribution in [0.1, 0.15) is 19.3 Å². The van der Waals surface area contributed by atoms with Gasteiger partial charge in [-0.2, -0.15) is 0 Å². The van der Waals surface area contributed by atoms with Crippen LogP contribution in [0.3, 0.4) is 0 Å². The second kappa shape index (κ2) is 18.2. The topological polar surface area (TPSA) is 375 Å². The van der Waals surface area contributed by atoms with E-state index in [4.69, 9.17) is 57.5 Å². The molecular weight excluding hydrogens is 598 g/mol. The van der Waals surface area contributed by atoms with Gasteiger partial charge in [-0.3, -0.25) is 4.79 Å². The van der Waals surface area contributed by atoms with Gasteiger partial charge in [0.05, 0.1) is 37.9 Å². The molecular formula is C24H49N5O15. The van der Waals surface area contributed by atoms with Crippen LogP contribution < -0.4 is 28.7 Å². The molecule has 0 aromatic heterocycles. The molecule has 0 aromatic rings. The Balaban J connectivity index is 0.000000580. The summed E-state index contributed by atoms with van der Waals surface area (Å²) in [4.78, 5) is 10.1. The van der Waals surface area contributed by atoms with Gasteiger partial charge in [0.2, 0.25) is 0 Å². The summed E-state index contributed by atoms with van der Waals surface area (Å²) in [5, 5.41) is 88.0. The van der Waals surface area contributed by atoms with Crippen LogP contribution in [0.15, 0.2) is 0 Å². The van der Waals surface area contributed by atoms with Gasteiger partial charge in [0.25, 0.3) is 0 Å². The van der Waals surface area contributed by atoms with Crippen molar-refractivity contribution in [2.75, 3.05) is 26.4 Å². The molecule has 0 spiro atoms. The fourth-order valence-electron chi connectivity index (χ4n) is 4.82. The van der Waals surface area contributed by atoms with E-state index >= 15 is 0 Å². The maximum atomic E-state index is 10.8. The summed E-state index contributed by atoms with van der Waals surface area (Å²) in [7, 11) is 0. The van der Waals surface area contributed by atoms with Gasteiger partial charge in [-0.05, 0) is 19.4 Å². The molecule has 3 heterocycles. The third-order valence-corrected chi connectivity index (χ3v) is 7.62. The van der Waals surface area contributed by atoms with E-state index in [-0.39, 0.29) is 0 Å². The lowest BCUT2D eigenvalue weighted by molar-refractivity contribution is -0.348. The molecule has 0 aromatic carbocycles. The number of carboxylic acids is 1. The fraction of sp³-hybridized carbons (Fsp3) is 0.958. The van der Waals surface area contributed by atoms with Crippen LogP contribution in [0.5, 0.6) is 0 Å². The summed E-state index contributed by atoms with van der Waals surface area (Å²) in [6.07, 6.45) is -14.6. The zero-order valence-electron chi connectivity index (χ0n) is 24.0. The second-order valence-corrected chi connectivity index (χ2v) is 10.8. The smallest absolute Gasteiger partial charge is 0.320 e. The lowest BCUT2D eigenvalue weighted by Crippen LogP contribution is -2.69. The fourth-order valence-corrected chi connectivity index (χ4v) is 4.82. The molecule has 20 heteroatoms. The SMILES string of the molecule is NC1C(O)O[C@H](CO)C(O[C@@H]2O[C@H](CO)C(O[C@@H]3O[C@H](CO)[C@@H](O)[C@H](O)[C@H]3N)[C@H](O)C2N)C1O.NCCCCC(N)C(=O)O. The minimum absolute atomic E-state index is 0.520. The highest BCUT2D eigenvalue weighted by Crippen LogP contribution is 2.31. The molecule has 3 aliphatic heterocycles. The van der Waals surface area contributed by atoms with Gasteiger partial charge >= 0.3 is 5.97 Å². The summed E-state index contributed by atoms with van der Waals surface area (Å²) in [5.41, 5.74) is 28.0. The standard InChI is InChI=1S/C18H35N3O13.C6H14N2O2/c19-7-12(27)14(5(2-23)30-16(7)29)33-18-9(21)13(28)15(6(3-24)32-18)34-17-8(20)11(26)10(25)4(1-22)31-17;7-4-2-1-3-5(8)6(9)10/h4-18,22-29H,1-3,19-21H2;5H,1-4,7-8H2,(H,9,10)/t4-,5-,6-,7?,8-,9?,10-,11-,12?,13-,14?,15?,16?,17+,18+;/m1./s1. The molecule has 7 unspecified atom stereocenters. The molecule has 19 N–H and O–H groups in total. The van der Waals surface area contributed by atoms with E-state index in [9.17, 15) is 45.6 Å². The molecule has 3 aliphatic rings. The number of nitrogens with two attached hydrogens (primary N) is 5. The molecule has 0 aliphatic carbocycles. The van der Waals surface area contributed by atoms with Gasteiger partial charge in [-0.15, -0.1) is 0 Å². The number of hydrogen-bond acceptors (Lipinski definition) is 19. The van der Waals surface area contributed by atoms with Crippen LogP contribution in [0, 0.1) is 0 Å². The number of carboxylic acid groups (broad SMARTS) is 1. The molecule has 260 valence electrons. The molecule has 0 saturated carbocycles. The van der Waals surface area contributed by atoms with E-state index in [1.807, 2.05) is 0 Å². The molecule has 20 nitrogen and oxygen atoms in total. The Labute approximate surface area is 253 Å². The quantitative estimate of drug-likeness (QED) is 0.0874. The van der Waals surface area contributed by atoms with Gasteiger partial charge in [-0.25, -0.2) is 0 Å². The number of aliphatic hydroxyl groups excluding tert-OH is 8. The van der Waals surface area contributed by atoms with Crippen LogP contribution in [0.4, 0.5) is 0 Å². The molecule has 0 amide bonds. The van der Waals surface area contributed by atoms with E-state index in [0.29, 0.717) is 13.0 Å². The minimum Gasteiger partial charge on any atom is -0.480 e. The maximum absolute atomic E-state index is 10.8. The van der Waals surface area contributed by atoms with Crippen molar-refractivity contribution in [3.8, 4) is 0 Å². The van der Waals surface area contributed by atoms with Crippen molar-refractivity contribution in [2.45, 2.75) is 117 Å². The van der Waals surface area contributed by atoms with Crippen LogP contribution in [-0.2, 0) is 28.5 Å². The van der Waals surface area contributed by atoms with Gasteiger partial charge in [-0.1, -0.05) is 6.42 Å². The van der Waals surface area contributed by atoms with E-state index in [2.05, 4.69) is 0 Å². The van der Waals surface area contributed by atoms with E-state index in [1.54, 1.807) is 0 Å². The van der Waals surface area contributed by atoms with Crippen molar-refractivity contribution in [3.63, 3.8) is 0 Å². The number of aliphatic carboxylic acids is 1. The largest absolute Gasteiger partial charge is 0.480 e. The first-order chi connectivity index (χ1) is 20.7. The predicted molar refractivity (Wildman–Crippen MR) is 146 cm³/mol. The zero-order valence-corrected chi connectivity index (χ0v) is 24.0. The van der Waals surface area contributed by atoms with Gasteiger partial charge < -0.3 is 98.3 Å². The van der Waals surface area contributed by atoms with Crippen LogP contribution in [0.25, 0.3) is 0 Å². The van der Waals surface area contributed by atoms with Gasteiger partial charge in [0.1, 0.15) is 61.0 Å². The Bertz CT molecular complexity index is 848. The number of rotatable bonds is 12. The highest BCUT2D eigenvalue weighted by atomic mass is 16.7. The van der Waals surface area contributed by atoms with Crippen molar-refractivity contribution < 1.29 is 74.4 Å². The predicted octanol–water partition coefficient (Wildman–Crippen LogP) is -8.15. The third kappa shape index (κ3) is 9.63. The first-order valence-corrected chi connectivity index (χ1v) is 14.2. The van der Waals surface area contributed by atoms with Crippen molar-refractivity contribution in [2.24, 2.45) is 28.7 Å². The summed E-state index contributed by atoms with van der Waals surface area (Å²) in [5.74, 6) is -0.933. The summed E-state index contributed by atoms with van der Waals surface area (Å²) >= 11 is 0. The van der Waals surface area contributed by atoms with Gasteiger partial charge in [0.15, 0.2) is 18.9 Å². The summed E-state index contributed by atoms with van der Waals surface area (Å²) < 4.78 is 27.4. The highest BCUT2D eigenvalue weighted by molar-refractivity contribution is 5.72. The zero-order chi connectivity index (χ0) is 33.3. The van der Waals surface area contributed by atoms with Crippen molar-refractivity contribution in [1.82, 2.24) is 0 Å². The first kappa shape index (κ1) is 38.9. The Kier molecular flexibility index (Phi) is 16.1. The number of carbonyl (C=O) groups is 1. The molecule has 3 fully saturated rings. The molecule has 3 rings (SSSR count). The number of ether oxygens (including phenoxy) is 5. The minimum atomic E-state index is -1.56. The Hall–Kier alpha value is -1.25. The van der Waals surface area contributed by atoms with E-state index < -0.39 is 124 Å². The van der Waals surface area contributed by atoms with E-state index in [0.717, 1.165) is 12.8 Å². The molecule has 3 saturated heterocycles. The lowest BCUT2D eigenvalue weighted by atomic mass is 9.94. The first-order valence-electron chi connectivity index (χ1n) is 14.2. The van der Waals surface area contributed by atoms with Crippen LogP contribution >= 0.6 is 0 Å². The summed E-state index contributed by atoms with van der Waals surface area (Å²) in [6, 6.07) is -4.59. The number of aliphatic hydroxyl groups is 8. The number of hydrogen-bond donors (Lipinski definition) is 14. The van der Waals surface area contributed by atoms with Gasteiger partial charge in [0, 0.05) is 0 Å². The molecule has 16 atom stereocenters. The van der Waals surface area contributed by atoms with E-state index in [1.165, 1.54) is 0 Å². The van der Waals surface area contributed by atoms with Crippen molar-refractivity contribution in [1.29, 1.82) is 0 Å². The Morgan fingerprint density at radius 2 is 1.14 bits per heavy atom. The molecule has 0 radical (unpaired) electrons. The average Bonchev–Trinajstić information content (AvgIpc) is 3.00. The second-order valence-electron chi connectivity index (χ2n) is 10.8. The third-order valence-electron chi connectivity index (χ3n) is 7.62. The Morgan fingerprint density at radius 1 is 0.682 bits per heavy atom. The van der Waals surface area contributed by atoms with Crippen LogP contribution in [-0.4, -0.2) is 176 Å². The normalized spacial score (nSPS) is 43.5. The monoisotopic (exact) mass is 647 g/mol. The number of unbranched alkanes of at least 4 members (excludes halogenated alkanes) is 1. The Morgan fingerprint density at radius 3 is 1.61 bits per heavy atom. The van der Waals surface area contributed by atoms with Crippen molar-refractivity contribution in [3.05, 3.63) is 0 Å². The lowest BCUT2D eigenvalue weighted by Gasteiger charge is -2.48. The molecule has 0 bridgehead atoms. The van der Waals surface area contributed by atoms with Crippen molar-refractivity contribution >= 4 is 5.97 Å². The molecule has 44 heavy (non-hydrogen) atoms.